The Balaban J connectivity index is 1.74. The molecule has 1 aromatic heterocycles. The molecule has 2 atom stereocenters. The average Bonchev–Trinajstić information content (AvgIpc) is 3.01. The van der Waals surface area contributed by atoms with Crippen molar-refractivity contribution in [2.45, 2.75) is 25.5 Å². The molecule has 0 saturated carbocycles. The zero-order chi connectivity index (χ0) is 16.2. The van der Waals surface area contributed by atoms with Gasteiger partial charge in [-0.1, -0.05) is 30.3 Å². The fourth-order valence-electron chi connectivity index (χ4n) is 2.84. The summed E-state index contributed by atoms with van der Waals surface area (Å²) in [7, 11) is 0. The molecule has 0 radical (unpaired) electrons. The number of benzene rings is 1. The summed E-state index contributed by atoms with van der Waals surface area (Å²) in [5.41, 5.74) is 2.27. The van der Waals surface area contributed by atoms with Crippen LogP contribution >= 0.6 is 11.5 Å². The van der Waals surface area contributed by atoms with Crippen molar-refractivity contribution in [3.8, 4) is 0 Å². The molecule has 23 heavy (non-hydrogen) atoms. The molecular weight excluding hydrogens is 312 g/mol. The number of aromatic nitrogens is 1. The van der Waals surface area contributed by atoms with Gasteiger partial charge in [0.2, 0.25) is 0 Å². The molecule has 1 N–H and O–H groups in total. The quantitative estimate of drug-likeness (QED) is 0.934. The molecule has 0 spiro atoms. The Morgan fingerprint density at radius 1 is 1.48 bits per heavy atom. The smallest absolute Gasteiger partial charge is 0.257 e. The minimum absolute atomic E-state index is 0.0233. The lowest BCUT2D eigenvalue weighted by Crippen LogP contribution is -2.49. The first kappa shape index (κ1) is 16.1. The molecule has 1 amide bonds. The molecule has 0 aliphatic carbocycles. The van der Waals surface area contributed by atoms with Crippen molar-refractivity contribution in [3.05, 3.63) is 52.5 Å². The summed E-state index contributed by atoms with van der Waals surface area (Å²) in [6, 6.07) is 9.38. The van der Waals surface area contributed by atoms with Crippen molar-refractivity contribution < 1.29 is 14.6 Å². The van der Waals surface area contributed by atoms with Gasteiger partial charge in [-0.25, -0.2) is 0 Å². The number of amides is 1. The molecule has 2 heterocycles. The Morgan fingerprint density at radius 2 is 2.26 bits per heavy atom. The average molecular weight is 332 g/mol. The van der Waals surface area contributed by atoms with Gasteiger partial charge in [0.1, 0.15) is 0 Å². The molecular formula is C17H20N2O3S. The number of hydrogen-bond donors (Lipinski definition) is 1. The minimum atomic E-state index is -0.611. The maximum atomic E-state index is 12.8. The number of ether oxygens (including phenoxy) is 1. The molecule has 1 aliphatic heterocycles. The molecule has 6 heteroatoms. The molecule has 1 aliphatic rings. The van der Waals surface area contributed by atoms with E-state index < -0.39 is 6.10 Å². The van der Waals surface area contributed by atoms with Gasteiger partial charge >= 0.3 is 0 Å². The third kappa shape index (κ3) is 3.60. The number of carbonyl (C=O) groups excluding carboxylic acids is 1. The lowest BCUT2D eigenvalue weighted by Gasteiger charge is -2.36. The number of rotatable bonds is 4. The van der Waals surface area contributed by atoms with Crippen LogP contribution in [-0.4, -0.2) is 46.1 Å². The van der Waals surface area contributed by atoms with E-state index in [2.05, 4.69) is 4.37 Å². The van der Waals surface area contributed by atoms with Gasteiger partial charge < -0.3 is 14.7 Å². The summed E-state index contributed by atoms with van der Waals surface area (Å²) in [4.78, 5) is 14.6. The Kier molecular flexibility index (Phi) is 5.05. The Labute approximate surface area is 139 Å². The van der Waals surface area contributed by atoms with E-state index in [-0.39, 0.29) is 11.9 Å². The van der Waals surface area contributed by atoms with Crippen LogP contribution in [0.15, 0.2) is 35.7 Å². The summed E-state index contributed by atoms with van der Waals surface area (Å²) in [6.45, 7) is 3.37. The predicted octanol–water partition coefficient (Wildman–Crippen LogP) is 2.42. The Hall–Kier alpha value is -1.76. The summed E-state index contributed by atoms with van der Waals surface area (Å²) in [5.74, 6) is -0.0233. The van der Waals surface area contributed by atoms with Crippen LogP contribution in [0.4, 0.5) is 0 Å². The van der Waals surface area contributed by atoms with E-state index >= 15 is 0 Å². The van der Waals surface area contributed by atoms with E-state index in [1.807, 2.05) is 42.2 Å². The Bertz CT molecular complexity index is 659. The summed E-state index contributed by atoms with van der Waals surface area (Å²) >= 11 is 1.29. The maximum absolute atomic E-state index is 12.8. The highest BCUT2D eigenvalue weighted by Gasteiger charge is 2.31. The number of carbonyl (C=O) groups is 1. The first-order chi connectivity index (χ1) is 11.2. The highest BCUT2D eigenvalue weighted by atomic mass is 32.1. The van der Waals surface area contributed by atoms with Gasteiger partial charge in [-0.15, -0.1) is 0 Å². The molecule has 3 rings (SSSR count). The molecule has 1 saturated heterocycles. The van der Waals surface area contributed by atoms with Crippen LogP contribution in [0.1, 0.15) is 34.1 Å². The fraction of sp³-hybridized carbons (Fsp3) is 0.412. The normalized spacial score (nSPS) is 19.6. The van der Waals surface area contributed by atoms with E-state index in [1.54, 1.807) is 5.38 Å². The second kappa shape index (κ2) is 7.21. The standard InChI is InChI=1S/C17H20N2O3S/c1-12-15(11-23-18-12)17(21)19-7-8-22-10-14(19)9-16(20)13-5-3-2-4-6-13/h2-6,11,14,16,20H,7-10H2,1H3. The highest BCUT2D eigenvalue weighted by Crippen LogP contribution is 2.24. The molecule has 122 valence electrons. The van der Waals surface area contributed by atoms with Gasteiger partial charge in [0.15, 0.2) is 0 Å². The number of hydrogen-bond acceptors (Lipinski definition) is 5. The lowest BCUT2D eigenvalue weighted by molar-refractivity contribution is -0.0174. The monoisotopic (exact) mass is 332 g/mol. The van der Waals surface area contributed by atoms with Gasteiger partial charge in [0, 0.05) is 18.3 Å². The molecule has 2 unspecified atom stereocenters. The van der Waals surface area contributed by atoms with Crippen molar-refractivity contribution >= 4 is 17.4 Å². The van der Waals surface area contributed by atoms with Gasteiger partial charge in [-0.3, -0.25) is 4.79 Å². The van der Waals surface area contributed by atoms with Crippen LogP contribution in [0.25, 0.3) is 0 Å². The summed E-state index contributed by atoms with van der Waals surface area (Å²) < 4.78 is 9.71. The van der Waals surface area contributed by atoms with Crippen LogP contribution < -0.4 is 0 Å². The zero-order valence-electron chi connectivity index (χ0n) is 13.0. The SMILES string of the molecule is Cc1nscc1C(=O)N1CCOCC1CC(O)c1ccccc1. The van der Waals surface area contributed by atoms with E-state index in [1.165, 1.54) is 11.5 Å². The van der Waals surface area contributed by atoms with Crippen LogP contribution in [0.2, 0.25) is 0 Å². The number of aryl methyl sites for hydroxylation is 1. The topological polar surface area (TPSA) is 62.7 Å². The minimum Gasteiger partial charge on any atom is -0.388 e. The third-order valence-electron chi connectivity index (χ3n) is 4.15. The largest absolute Gasteiger partial charge is 0.388 e. The van der Waals surface area contributed by atoms with Gasteiger partial charge in [-0.05, 0) is 24.0 Å². The zero-order valence-corrected chi connectivity index (χ0v) is 13.8. The number of aliphatic hydroxyl groups excluding tert-OH is 1. The number of aliphatic hydroxyl groups is 1. The van der Waals surface area contributed by atoms with E-state index in [4.69, 9.17) is 4.74 Å². The van der Waals surface area contributed by atoms with Gasteiger partial charge in [-0.2, -0.15) is 4.37 Å². The van der Waals surface area contributed by atoms with Crippen molar-refractivity contribution in [2.24, 2.45) is 0 Å². The molecule has 2 aromatic rings. The second-order valence-corrected chi connectivity index (χ2v) is 6.33. The first-order valence-corrected chi connectivity index (χ1v) is 8.53. The van der Waals surface area contributed by atoms with Crippen LogP contribution in [0.3, 0.4) is 0 Å². The highest BCUT2D eigenvalue weighted by molar-refractivity contribution is 7.03. The van der Waals surface area contributed by atoms with Crippen LogP contribution in [0, 0.1) is 6.92 Å². The van der Waals surface area contributed by atoms with Crippen molar-refractivity contribution in [1.29, 1.82) is 0 Å². The maximum Gasteiger partial charge on any atom is 0.257 e. The third-order valence-corrected chi connectivity index (χ3v) is 4.87. The van der Waals surface area contributed by atoms with Crippen molar-refractivity contribution in [1.82, 2.24) is 9.27 Å². The van der Waals surface area contributed by atoms with Crippen LogP contribution in [-0.2, 0) is 4.74 Å². The molecule has 1 fully saturated rings. The van der Waals surface area contributed by atoms with Crippen LogP contribution in [0.5, 0.6) is 0 Å². The molecule has 5 nitrogen and oxygen atoms in total. The number of nitrogens with zero attached hydrogens (tertiary/aromatic N) is 2. The predicted molar refractivity (Wildman–Crippen MR) is 88.5 cm³/mol. The van der Waals surface area contributed by atoms with Gasteiger partial charge in [0.25, 0.3) is 5.91 Å². The van der Waals surface area contributed by atoms with E-state index in [9.17, 15) is 9.90 Å². The molecule has 1 aromatic carbocycles. The number of morpholine rings is 1. The first-order valence-electron chi connectivity index (χ1n) is 7.69. The van der Waals surface area contributed by atoms with E-state index in [0.29, 0.717) is 31.7 Å². The fourth-order valence-corrected chi connectivity index (χ4v) is 3.52. The Morgan fingerprint density at radius 3 is 2.96 bits per heavy atom. The van der Waals surface area contributed by atoms with E-state index in [0.717, 1.165) is 11.3 Å². The lowest BCUT2D eigenvalue weighted by atomic mass is 10.00. The summed E-state index contributed by atoms with van der Waals surface area (Å²) in [6.07, 6.45) is -0.147. The second-order valence-electron chi connectivity index (χ2n) is 5.70. The summed E-state index contributed by atoms with van der Waals surface area (Å²) in [5, 5.41) is 12.2. The van der Waals surface area contributed by atoms with Crippen molar-refractivity contribution in [3.63, 3.8) is 0 Å². The van der Waals surface area contributed by atoms with Crippen molar-refractivity contribution in [2.75, 3.05) is 19.8 Å². The van der Waals surface area contributed by atoms with Gasteiger partial charge in [0.05, 0.1) is 36.6 Å². The molecule has 0 bridgehead atoms.